The summed E-state index contributed by atoms with van der Waals surface area (Å²) in [5.74, 6) is 0.375. The number of anilines is 1. The zero-order valence-electron chi connectivity index (χ0n) is 7.89. The lowest BCUT2D eigenvalue weighted by molar-refractivity contribution is 0.873. The van der Waals surface area contributed by atoms with Crippen LogP contribution in [0.2, 0.25) is 0 Å². The zero-order chi connectivity index (χ0) is 10.2. The van der Waals surface area contributed by atoms with E-state index in [9.17, 15) is 0 Å². The second-order valence-corrected chi connectivity index (χ2v) is 6.19. The number of thiazole rings is 1. The van der Waals surface area contributed by atoms with Crippen molar-refractivity contribution in [1.82, 2.24) is 4.98 Å². The van der Waals surface area contributed by atoms with Crippen LogP contribution < -0.4 is 5.32 Å². The highest BCUT2D eigenvalue weighted by Gasteiger charge is 2.51. The molecule has 0 spiro atoms. The first-order valence-electron chi connectivity index (χ1n) is 4.68. The Morgan fingerprint density at radius 1 is 1.71 bits per heavy atom. The first kappa shape index (κ1) is 10.5. The monoisotopic (exact) mass is 250 g/mol. The lowest BCUT2D eigenvalue weighted by Crippen LogP contribution is -2.06. The minimum Gasteiger partial charge on any atom is -0.361 e. The Kier molecular flexibility index (Phi) is 2.91. The lowest BCUT2D eigenvalue weighted by Gasteiger charge is -2.01. The molecule has 78 valence electrons. The number of aromatic nitrogens is 1. The zero-order valence-corrected chi connectivity index (χ0v) is 10.2. The fraction of sp³-hybridized carbons (Fsp3) is 0.667. The summed E-state index contributed by atoms with van der Waals surface area (Å²) in [4.78, 5) is 5.55. The summed E-state index contributed by atoms with van der Waals surface area (Å²) >= 11 is 13.5. The second-order valence-electron chi connectivity index (χ2n) is 3.53. The molecule has 1 aromatic heterocycles. The van der Waals surface area contributed by atoms with Crippen LogP contribution in [0.1, 0.15) is 18.2 Å². The Balaban J connectivity index is 1.81. The van der Waals surface area contributed by atoms with Gasteiger partial charge in [-0.1, -0.05) is 6.92 Å². The molecule has 1 heterocycles. The van der Waals surface area contributed by atoms with Crippen LogP contribution in [-0.4, -0.2) is 15.9 Å². The van der Waals surface area contributed by atoms with Crippen molar-refractivity contribution >= 4 is 39.7 Å². The van der Waals surface area contributed by atoms with Crippen LogP contribution in [0.15, 0.2) is 6.20 Å². The van der Waals surface area contributed by atoms with Crippen molar-refractivity contribution in [2.45, 2.75) is 24.1 Å². The Labute approximate surface area is 97.6 Å². The van der Waals surface area contributed by atoms with Gasteiger partial charge in [0.05, 0.1) is 0 Å². The molecule has 0 amide bonds. The van der Waals surface area contributed by atoms with E-state index in [1.165, 1.54) is 4.88 Å². The Morgan fingerprint density at radius 3 is 2.93 bits per heavy atom. The van der Waals surface area contributed by atoms with Crippen molar-refractivity contribution in [2.75, 3.05) is 11.9 Å². The van der Waals surface area contributed by atoms with Crippen LogP contribution in [0.5, 0.6) is 0 Å². The maximum Gasteiger partial charge on any atom is 0.182 e. The first-order chi connectivity index (χ1) is 6.62. The summed E-state index contributed by atoms with van der Waals surface area (Å²) in [6.45, 7) is 2.95. The number of aryl methyl sites for hydroxylation is 1. The van der Waals surface area contributed by atoms with Crippen molar-refractivity contribution in [1.29, 1.82) is 0 Å². The average molecular weight is 251 g/mol. The quantitative estimate of drug-likeness (QED) is 0.830. The van der Waals surface area contributed by atoms with Gasteiger partial charge in [-0.15, -0.1) is 34.5 Å². The minimum atomic E-state index is -0.488. The maximum atomic E-state index is 5.91. The van der Waals surface area contributed by atoms with Crippen molar-refractivity contribution in [3.8, 4) is 0 Å². The van der Waals surface area contributed by atoms with E-state index in [1.807, 2.05) is 6.20 Å². The number of hydrogen-bond donors (Lipinski definition) is 1. The Bertz CT molecular complexity index is 324. The highest BCUT2D eigenvalue weighted by molar-refractivity contribution is 7.15. The third-order valence-electron chi connectivity index (χ3n) is 2.36. The Morgan fingerprint density at radius 2 is 2.43 bits per heavy atom. The molecular formula is C9H12Cl2N2S. The molecule has 2 rings (SSSR count). The van der Waals surface area contributed by atoms with Gasteiger partial charge in [0.2, 0.25) is 0 Å². The molecule has 0 radical (unpaired) electrons. The third kappa shape index (κ3) is 2.33. The number of alkyl halides is 2. The largest absolute Gasteiger partial charge is 0.361 e. The van der Waals surface area contributed by atoms with E-state index < -0.39 is 4.33 Å². The summed E-state index contributed by atoms with van der Waals surface area (Å²) in [7, 11) is 0. The van der Waals surface area contributed by atoms with Crippen molar-refractivity contribution in [2.24, 2.45) is 5.92 Å². The van der Waals surface area contributed by atoms with Gasteiger partial charge in [0.25, 0.3) is 0 Å². The first-order valence-corrected chi connectivity index (χ1v) is 6.25. The molecule has 0 saturated heterocycles. The number of hydrogen-bond acceptors (Lipinski definition) is 3. The van der Waals surface area contributed by atoms with E-state index in [-0.39, 0.29) is 0 Å². The number of nitrogens with one attached hydrogen (secondary N) is 1. The molecule has 0 aromatic carbocycles. The normalized spacial score (nSPS) is 23.5. The summed E-state index contributed by atoms with van der Waals surface area (Å²) in [5, 5.41) is 4.23. The molecule has 1 aliphatic carbocycles. The van der Waals surface area contributed by atoms with Gasteiger partial charge >= 0.3 is 0 Å². The highest BCUT2D eigenvalue weighted by Crippen LogP contribution is 2.52. The maximum absolute atomic E-state index is 5.91. The molecule has 2 nitrogen and oxygen atoms in total. The second kappa shape index (κ2) is 3.87. The predicted octanol–water partition coefficient (Wildman–Crippen LogP) is 3.31. The standard InChI is InChI=1S/C9H12Cl2N2S/c1-2-7-5-13-8(14-7)12-4-6-3-9(6,10)11/h5-6H,2-4H2,1H3,(H,12,13). The fourth-order valence-electron chi connectivity index (χ4n) is 1.25. The molecular weight excluding hydrogens is 239 g/mol. The van der Waals surface area contributed by atoms with E-state index in [1.54, 1.807) is 11.3 Å². The molecule has 1 unspecified atom stereocenters. The summed E-state index contributed by atoms with van der Waals surface area (Å²) in [5.41, 5.74) is 0. The molecule has 5 heteroatoms. The van der Waals surface area contributed by atoms with Gasteiger partial charge in [0.15, 0.2) is 5.13 Å². The average Bonchev–Trinajstić information content (AvgIpc) is 2.62. The van der Waals surface area contributed by atoms with Crippen LogP contribution in [0, 0.1) is 5.92 Å². The molecule has 0 bridgehead atoms. The van der Waals surface area contributed by atoms with E-state index in [0.29, 0.717) is 5.92 Å². The molecule has 1 saturated carbocycles. The van der Waals surface area contributed by atoms with Crippen LogP contribution in [0.4, 0.5) is 5.13 Å². The van der Waals surface area contributed by atoms with Gasteiger partial charge in [-0.3, -0.25) is 0 Å². The van der Waals surface area contributed by atoms with E-state index in [4.69, 9.17) is 23.2 Å². The number of halogens is 2. The molecule has 1 aromatic rings. The molecule has 1 aliphatic rings. The van der Waals surface area contributed by atoms with Gasteiger partial charge in [-0.2, -0.15) is 0 Å². The summed E-state index contributed by atoms with van der Waals surface area (Å²) in [6, 6.07) is 0. The summed E-state index contributed by atoms with van der Waals surface area (Å²) < 4.78 is -0.488. The molecule has 14 heavy (non-hydrogen) atoms. The van der Waals surface area contributed by atoms with Gasteiger partial charge in [0, 0.05) is 23.5 Å². The van der Waals surface area contributed by atoms with E-state index in [2.05, 4.69) is 17.2 Å². The van der Waals surface area contributed by atoms with Crippen LogP contribution in [0.25, 0.3) is 0 Å². The smallest absolute Gasteiger partial charge is 0.182 e. The summed E-state index contributed by atoms with van der Waals surface area (Å²) in [6.07, 6.45) is 3.83. The van der Waals surface area contributed by atoms with E-state index in [0.717, 1.165) is 24.5 Å². The van der Waals surface area contributed by atoms with E-state index >= 15 is 0 Å². The van der Waals surface area contributed by atoms with Gasteiger partial charge in [-0.25, -0.2) is 4.98 Å². The molecule has 1 N–H and O–H groups in total. The molecule has 1 fully saturated rings. The lowest BCUT2D eigenvalue weighted by atomic mass is 10.4. The van der Waals surface area contributed by atoms with Crippen LogP contribution >= 0.6 is 34.5 Å². The van der Waals surface area contributed by atoms with Gasteiger partial charge in [-0.05, 0) is 12.8 Å². The van der Waals surface area contributed by atoms with Crippen molar-refractivity contribution < 1.29 is 0 Å². The van der Waals surface area contributed by atoms with Gasteiger partial charge < -0.3 is 5.32 Å². The SMILES string of the molecule is CCc1cnc(NCC2CC2(Cl)Cl)s1. The fourth-order valence-corrected chi connectivity index (χ4v) is 2.54. The molecule has 1 atom stereocenters. The Hall–Kier alpha value is 0.01000. The molecule has 0 aliphatic heterocycles. The van der Waals surface area contributed by atoms with Crippen molar-refractivity contribution in [3.05, 3.63) is 11.1 Å². The highest BCUT2D eigenvalue weighted by atomic mass is 35.5. The number of rotatable bonds is 4. The third-order valence-corrected chi connectivity index (χ3v) is 4.38. The topological polar surface area (TPSA) is 24.9 Å². The van der Waals surface area contributed by atoms with Crippen LogP contribution in [0.3, 0.4) is 0 Å². The predicted molar refractivity (Wildman–Crippen MR) is 62.5 cm³/mol. The number of nitrogens with zero attached hydrogens (tertiary/aromatic N) is 1. The van der Waals surface area contributed by atoms with Crippen LogP contribution in [-0.2, 0) is 6.42 Å². The van der Waals surface area contributed by atoms with Crippen molar-refractivity contribution in [3.63, 3.8) is 0 Å². The minimum absolute atomic E-state index is 0.375. The van der Waals surface area contributed by atoms with Gasteiger partial charge in [0.1, 0.15) is 4.33 Å².